The molecule has 0 N–H and O–H groups in total. The van der Waals surface area contributed by atoms with E-state index in [1.54, 1.807) is 0 Å². The molecule has 6 rings (SSSR count). The summed E-state index contributed by atoms with van der Waals surface area (Å²) in [5.41, 5.74) is 2.98. The van der Waals surface area contributed by atoms with E-state index < -0.39 is 10.0 Å². The third-order valence-electron chi connectivity index (χ3n) is 6.51. The van der Waals surface area contributed by atoms with Crippen LogP contribution in [0.1, 0.15) is 36.8 Å². The van der Waals surface area contributed by atoms with Crippen molar-refractivity contribution in [1.82, 2.24) is 9.21 Å². The zero-order chi connectivity index (χ0) is 16.3. The first-order valence-corrected chi connectivity index (χ1v) is 10.9. The quantitative estimate of drug-likeness (QED) is 0.841. The highest BCUT2D eigenvalue weighted by molar-refractivity contribution is 7.90. The minimum absolute atomic E-state index is 0.0685. The molecule has 5 aliphatic rings. The molecule has 2 aliphatic carbocycles. The molecule has 24 heavy (non-hydrogen) atoms. The Morgan fingerprint density at radius 2 is 1.54 bits per heavy atom. The molecule has 1 saturated carbocycles. The van der Waals surface area contributed by atoms with Crippen LogP contribution in [0.4, 0.5) is 0 Å². The van der Waals surface area contributed by atoms with Crippen molar-refractivity contribution in [3.8, 4) is 0 Å². The largest absolute Gasteiger partial charge is 0.298 e. The van der Waals surface area contributed by atoms with Gasteiger partial charge in [0.2, 0.25) is 10.0 Å². The zero-order valence-electron chi connectivity index (χ0n) is 14.1. The summed E-state index contributed by atoms with van der Waals surface area (Å²) < 4.78 is 27.5. The van der Waals surface area contributed by atoms with Crippen LogP contribution in [0.5, 0.6) is 0 Å². The fourth-order valence-corrected chi connectivity index (χ4v) is 7.16. The summed E-state index contributed by atoms with van der Waals surface area (Å²) in [5, 5.41) is -0.0685. The maximum atomic E-state index is 12.8. The van der Waals surface area contributed by atoms with Gasteiger partial charge in [-0.3, -0.25) is 4.90 Å². The van der Waals surface area contributed by atoms with Gasteiger partial charge in [0, 0.05) is 31.7 Å². The lowest BCUT2D eigenvalue weighted by Crippen LogP contribution is -2.49. The molecule has 2 bridgehead atoms. The average Bonchev–Trinajstić information content (AvgIpc) is 3.39. The monoisotopic (exact) mass is 346 g/mol. The highest BCUT2D eigenvalue weighted by Gasteiger charge is 2.47. The van der Waals surface area contributed by atoms with Gasteiger partial charge in [0.25, 0.3) is 0 Å². The summed E-state index contributed by atoms with van der Waals surface area (Å²) >= 11 is 0. The summed E-state index contributed by atoms with van der Waals surface area (Å²) in [5.74, 6) is 0.515. The van der Waals surface area contributed by atoms with Gasteiger partial charge in [-0.1, -0.05) is 24.3 Å². The smallest absolute Gasteiger partial charge is 0.217 e. The van der Waals surface area contributed by atoms with Gasteiger partial charge >= 0.3 is 0 Å². The summed E-state index contributed by atoms with van der Waals surface area (Å²) in [6, 6.07) is 9.55. The molecule has 4 fully saturated rings. The maximum Gasteiger partial charge on any atom is 0.217 e. The van der Waals surface area contributed by atoms with E-state index >= 15 is 0 Å². The van der Waals surface area contributed by atoms with Gasteiger partial charge in [0.1, 0.15) is 0 Å². The standard InChI is InChI=1S/C19H26N2O2S/c22-24(23,19-7-8-19)21-12-14-5-6-17(21)13-20(11-14)18-9-15-3-1-2-4-16(15)10-18/h1-4,14,17-19H,5-13H2/t14-,17+/m1/s1. The molecular formula is C19H26N2O2S. The highest BCUT2D eigenvalue weighted by atomic mass is 32.2. The third-order valence-corrected chi connectivity index (χ3v) is 8.92. The predicted molar refractivity (Wildman–Crippen MR) is 94.4 cm³/mol. The van der Waals surface area contributed by atoms with Crippen molar-refractivity contribution in [3.05, 3.63) is 35.4 Å². The third kappa shape index (κ3) is 2.52. The van der Waals surface area contributed by atoms with Gasteiger partial charge in [0.05, 0.1) is 5.25 Å². The van der Waals surface area contributed by atoms with Gasteiger partial charge in [0.15, 0.2) is 0 Å². The molecular weight excluding hydrogens is 320 g/mol. The van der Waals surface area contributed by atoms with Crippen LogP contribution in [0.15, 0.2) is 24.3 Å². The first-order valence-electron chi connectivity index (χ1n) is 9.43. The lowest BCUT2D eigenvalue weighted by Gasteiger charge is -2.35. The van der Waals surface area contributed by atoms with Gasteiger partial charge in [-0.15, -0.1) is 0 Å². The van der Waals surface area contributed by atoms with Crippen LogP contribution in [0.2, 0.25) is 0 Å². The second-order valence-corrected chi connectivity index (χ2v) is 10.4. The van der Waals surface area contributed by atoms with Crippen LogP contribution in [0, 0.1) is 5.92 Å². The second-order valence-electron chi connectivity index (χ2n) is 8.20. The topological polar surface area (TPSA) is 40.6 Å². The molecule has 0 aromatic heterocycles. The SMILES string of the molecule is O=S(=O)(C1CC1)N1C[C@@H]2CC[C@H]1CN(C1Cc3ccccc3C1)C2. The summed E-state index contributed by atoms with van der Waals surface area (Å²) in [6.07, 6.45) is 6.25. The van der Waals surface area contributed by atoms with Crippen LogP contribution in [0.25, 0.3) is 0 Å². The van der Waals surface area contributed by atoms with Crippen molar-refractivity contribution in [2.24, 2.45) is 5.92 Å². The van der Waals surface area contributed by atoms with Crippen molar-refractivity contribution >= 4 is 10.0 Å². The molecule has 2 atom stereocenters. The highest BCUT2D eigenvalue weighted by Crippen LogP contribution is 2.38. The van der Waals surface area contributed by atoms with Crippen molar-refractivity contribution < 1.29 is 8.42 Å². The van der Waals surface area contributed by atoms with Gasteiger partial charge in [-0.25, -0.2) is 8.42 Å². The van der Waals surface area contributed by atoms with Crippen LogP contribution >= 0.6 is 0 Å². The van der Waals surface area contributed by atoms with E-state index in [4.69, 9.17) is 0 Å². The molecule has 0 unspecified atom stereocenters. The van der Waals surface area contributed by atoms with Crippen molar-refractivity contribution in [1.29, 1.82) is 0 Å². The van der Waals surface area contributed by atoms with Crippen molar-refractivity contribution in [3.63, 3.8) is 0 Å². The van der Waals surface area contributed by atoms with E-state index in [9.17, 15) is 8.42 Å². The lowest BCUT2D eigenvalue weighted by molar-refractivity contribution is 0.189. The van der Waals surface area contributed by atoms with Crippen LogP contribution in [-0.2, 0) is 22.9 Å². The normalized spacial score (nSPS) is 32.0. The Hall–Kier alpha value is -0.910. The number of hydrogen-bond donors (Lipinski definition) is 0. The summed E-state index contributed by atoms with van der Waals surface area (Å²) in [6.45, 7) is 2.77. The number of fused-ring (bicyclic) bond motifs is 5. The van der Waals surface area contributed by atoms with E-state index in [1.807, 2.05) is 4.31 Å². The van der Waals surface area contributed by atoms with E-state index in [0.717, 1.165) is 51.7 Å². The van der Waals surface area contributed by atoms with Gasteiger partial charge in [-0.2, -0.15) is 4.31 Å². The Balaban J connectivity index is 1.36. The van der Waals surface area contributed by atoms with Crippen molar-refractivity contribution in [2.75, 3.05) is 19.6 Å². The van der Waals surface area contributed by atoms with E-state index in [2.05, 4.69) is 29.2 Å². The van der Waals surface area contributed by atoms with Gasteiger partial charge < -0.3 is 0 Å². The number of sulfonamides is 1. The average molecular weight is 346 g/mol. The molecule has 1 aromatic rings. The first-order chi connectivity index (χ1) is 11.6. The number of nitrogens with zero attached hydrogens (tertiary/aromatic N) is 2. The van der Waals surface area contributed by atoms with E-state index in [1.165, 1.54) is 17.5 Å². The molecule has 3 heterocycles. The fourth-order valence-electron chi connectivity index (χ4n) is 5.04. The molecule has 3 aliphatic heterocycles. The van der Waals surface area contributed by atoms with Crippen molar-refractivity contribution in [2.45, 2.75) is 55.9 Å². The summed E-state index contributed by atoms with van der Waals surface area (Å²) in [4.78, 5) is 2.62. The van der Waals surface area contributed by atoms with Crippen LogP contribution in [-0.4, -0.2) is 54.6 Å². The number of benzene rings is 1. The molecule has 4 nitrogen and oxygen atoms in total. The van der Waals surface area contributed by atoms with E-state index in [-0.39, 0.29) is 11.3 Å². The van der Waals surface area contributed by atoms with Crippen LogP contribution < -0.4 is 0 Å². The number of piperidine rings is 1. The minimum atomic E-state index is -3.04. The molecule has 5 heteroatoms. The Kier molecular flexibility index (Phi) is 3.55. The molecule has 0 amide bonds. The molecule has 1 aromatic carbocycles. The Bertz CT molecular complexity index is 718. The lowest BCUT2D eigenvalue weighted by atomic mass is 9.97. The number of rotatable bonds is 3. The molecule has 0 radical (unpaired) electrons. The first kappa shape index (κ1) is 15.4. The second kappa shape index (κ2) is 5.55. The minimum Gasteiger partial charge on any atom is -0.298 e. The van der Waals surface area contributed by atoms with Crippen LogP contribution in [0.3, 0.4) is 0 Å². The Morgan fingerprint density at radius 3 is 2.21 bits per heavy atom. The molecule has 130 valence electrons. The predicted octanol–water partition coefficient (Wildman–Crippen LogP) is 2.04. The van der Waals surface area contributed by atoms with E-state index in [0.29, 0.717) is 12.0 Å². The summed E-state index contributed by atoms with van der Waals surface area (Å²) in [7, 11) is -3.04. The Labute approximate surface area is 144 Å². The number of hydrogen-bond acceptors (Lipinski definition) is 3. The zero-order valence-corrected chi connectivity index (χ0v) is 14.9. The molecule has 0 spiro atoms. The Morgan fingerprint density at radius 1 is 0.833 bits per heavy atom. The molecule has 3 saturated heterocycles. The maximum absolute atomic E-state index is 12.8. The fraction of sp³-hybridized carbons (Fsp3) is 0.684. The van der Waals surface area contributed by atoms with Gasteiger partial charge in [-0.05, 0) is 55.6 Å².